The lowest BCUT2D eigenvalue weighted by Crippen LogP contribution is -2.57. The molecule has 0 radical (unpaired) electrons. The summed E-state index contributed by atoms with van der Waals surface area (Å²) in [4.78, 5) is 78.8. The molecule has 3 rings (SSSR count). The van der Waals surface area contributed by atoms with E-state index in [1.165, 1.54) is 13.0 Å². The highest BCUT2D eigenvalue weighted by molar-refractivity contribution is 6.12. The number of furan rings is 1. The molecule has 0 aliphatic rings. The van der Waals surface area contributed by atoms with E-state index in [4.69, 9.17) is 32.8 Å². The number of hydrazine groups is 1. The Morgan fingerprint density at radius 1 is 0.698 bits per heavy atom. The lowest BCUT2D eigenvalue weighted by atomic mass is 10.0. The summed E-state index contributed by atoms with van der Waals surface area (Å²) in [5.41, 5.74) is -1.70. The van der Waals surface area contributed by atoms with Crippen LogP contribution in [0.3, 0.4) is 0 Å². The average Bonchev–Trinajstić information content (AvgIpc) is 3.40. The summed E-state index contributed by atoms with van der Waals surface area (Å²) in [6, 6.07) is 6.29. The number of rotatable bonds is 8. The smallest absolute Gasteiger partial charge is 0.458 e. The highest BCUT2D eigenvalue weighted by Crippen LogP contribution is 2.45. The van der Waals surface area contributed by atoms with Crippen LogP contribution in [0.5, 0.6) is 11.5 Å². The SMILES string of the molecule is CC(=O)c1cc2c(OC(=O)CC[C@@H](C(=O)OC(C)(C)C)N(NC(=O)OC(C)(C)C)C(=O)OC(C)(C)C)c3ccccc3c(OC(=O)OC(C)(C)C)c2o1. The number of esters is 2. The number of fused-ring (bicyclic) bond motifs is 2. The van der Waals surface area contributed by atoms with Gasteiger partial charge in [-0.05, 0) is 95.6 Å². The van der Waals surface area contributed by atoms with Crippen molar-refractivity contribution in [3.63, 3.8) is 0 Å². The van der Waals surface area contributed by atoms with Gasteiger partial charge in [0.15, 0.2) is 28.9 Å². The molecule has 0 saturated carbocycles. The molecule has 1 N–H and O–H groups in total. The molecule has 53 heavy (non-hydrogen) atoms. The molecule has 0 aliphatic heterocycles. The fourth-order valence-electron chi connectivity index (χ4n) is 4.72. The molecule has 1 atom stereocenters. The summed E-state index contributed by atoms with van der Waals surface area (Å²) in [5, 5.41) is 1.37. The molecule has 1 aromatic heterocycles. The number of carbonyl (C=O) groups excluding carboxylic acids is 6. The number of ether oxygens (including phenoxy) is 6. The molecule has 15 nitrogen and oxygen atoms in total. The van der Waals surface area contributed by atoms with E-state index in [1.54, 1.807) is 107 Å². The van der Waals surface area contributed by atoms with Gasteiger partial charge < -0.3 is 32.8 Å². The number of benzene rings is 2. The highest BCUT2D eigenvalue weighted by Gasteiger charge is 2.39. The van der Waals surface area contributed by atoms with Crippen molar-refractivity contribution in [2.45, 2.75) is 131 Å². The Morgan fingerprint density at radius 3 is 1.74 bits per heavy atom. The second-order valence-electron chi connectivity index (χ2n) is 16.2. The number of nitrogens with one attached hydrogen (secondary N) is 1. The van der Waals surface area contributed by atoms with Crippen LogP contribution in [-0.2, 0) is 28.5 Å². The maximum Gasteiger partial charge on any atom is 0.514 e. The molecule has 290 valence electrons. The van der Waals surface area contributed by atoms with E-state index >= 15 is 0 Å². The number of ketones is 1. The maximum atomic E-state index is 13.7. The van der Waals surface area contributed by atoms with Gasteiger partial charge in [-0.25, -0.2) is 29.6 Å². The van der Waals surface area contributed by atoms with E-state index in [-0.39, 0.29) is 28.2 Å². The summed E-state index contributed by atoms with van der Waals surface area (Å²) in [7, 11) is 0. The monoisotopic (exact) mass is 742 g/mol. The Morgan fingerprint density at radius 2 is 1.23 bits per heavy atom. The predicted molar refractivity (Wildman–Crippen MR) is 193 cm³/mol. The Bertz CT molecular complexity index is 1880. The first-order valence-corrected chi connectivity index (χ1v) is 17.0. The van der Waals surface area contributed by atoms with Crippen molar-refractivity contribution < 1.29 is 61.6 Å². The van der Waals surface area contributed by atoms with Crippen LogP contribution in [0.15, 0.2) is 34.7 Å². The lowest BCUT2D eigenvalue weighted by Gasteiger charge is -2.34. The normalized spacial score (nSPS) is 12.8. The van der Waals surface area contributed by atoms with Crippen LogP contribution in [0.2, 0.25) is 0 Å². The number of nitrogens with zero attached hydrogens (tertiary/aromatic N) is 1. The second-order valence-corrected chi connectivity index (χ2v) is 16.2. The number of amides is 2. The predicted octanol–water partition coefficient (Wildman–Crippen LogP) is 8.18. The van der Waals surface area contributed by atoms with Gasteiger partial charge in [-0.3, -0.25) is 9.59 Å². The van der Waals surface area contributed by atoms with Gasteiger partial charge in [0.2, 0.25) is 0 Å². The Hall–Kier alpha value is -5.34. The molecule has 15 heteroatoms. The van der Waals surface area contributed by atoms with Gasteiger partial charge in [-0.15, -0.1) is 0 Å². The van der Waals surface area contributed by atoms with Crippen LogP contribution in [0.1, 0.15) is 113 Å². The van der Waals surface area contributed by atoms with Crippen LogP contribution < -0.4 is 14.9 Å². The van der Waals surface area contributed by atoms with Crippen molar-refractivity contribution >= 4 is 57.8 Å². The third-order valence-corrected chi connectivity index (χ3v) is 6.55. The van der Waals surface area contributed by atoms with Gasteiger partial charge >= 0.3 is 30.3 Å². The van der Waals surface area contributed by atoms with Gasteiger partial charge in [0.1, 0.15) is 28.2 Å². The van der Waals surface area contributed by atoms with Gasteiger partial charge in [0, 0.05) is 24.1 Å². The van der Waals surface area contributed by atoms with Gasteiger partial charge in [0.05, 0.1) is 5.39 Å². The molecule has 3 aromatic rings. The van der Waals surface area contributed by atoms with Crippen molar-refractivity contribution in [2.24, 2.45) is 0 Å². The van der Waals surface area contributed by atoms with Gasteiger partial charge in [-0.2, -0.15) is 0 Å². The van der Waals surface area contributed by atoms with Crippen molar-refractivity contribution in [3.05, 3.63) is 36.1 Å². The second kappa shape index (κ2) is 15.7. The van der Waals surface area contributed by atoms with Crippen molar-refractivity contribution in [1.29, 1.82) is 0 Å². The van der Waals surface area contributed by atoms with Crippen LogP contribution in [0.4, 0.5) is 14.4 Å². The molecular formula is C38H50N2O13. The largest absolute Gasteiger partial charge is 0.514 e. The minimum absolute atomic E-state index is 0.0296. The standard InChI is InChI=1S/C38H50N2O13/c1-21(41)26-20-24-28(22-16-14-15-17-23(22)29(30(24)47-26)49-34(46)53-38(11,12)13)48-27(42)19-18-25(31(43)50-35(2,3)4)40(33(45)52-37(8,9)10)39-32(44)51-36(5,6)7/h14-17,20,25H,18-19H2,1-13H3,(H,39,44)/t25-/m0/s1. The van der Waals surface area contributed by atoms with Crippen LogP contribution in [-0.4, -0.2) is 69.5 Å². The average molecular weight is 743 g/mol. The summed E-state index contributed by atoms with van der Waals surface area (Å²) in [6.45, 7) is 20.7. The third kappa shape index (κ3) is 12.4. The van der Waals surface area contributed by atoms with Crippen molar-refractivity contribution in [3.8, 4) is 11.5 Å². The summed E-state index contributed by atoms with van der Waals surface area (Å²) in [6.07, 6.45) is -4.12. The molecule has 2 amide bonds. The topological polar surface area (TPSA) is 186 Å². The Labute approximate surface area is 308 Å². The minimum atomic E-state index is -1.59. The zero-order valence-electron chi connectivity index (χ0n) is 32.6. The van der Waals surface area contributed by atoms with E-state index < -0.39 is 77.4 Å². The summed E-state index contributed by atoms with van der Waals surface area (Å²) in [5.74, 6) is -2.48. The van der Waals surface area contributed by atoms with E-state index in [2.05, 4.69) is 5.43 Å². The summed E-state index contributed by atoms with van der Waals surface area (Å²) >= 11 is 0. The van der Waals surface area contributed by atoms with Crippen LogP contribution in [0, 0.1) is 0 Å². The molecule has 1 heterocycles. The number of hydrogen-bond acceptors (Lipinski definition) is 13. The number of Topliss-reactive ketones (excluding diaryl/α,β-unsaturated/α-hetero) is 1. The van der Waals surface area contributed by atoms with Gasteiger partial charge in [0.25, 0.3) is 0 Å². The molecule has 0 aliphatic carbocycles. The molecule has 2 aromatic carbocycles. The van der Waals surface area contributed by atoms with E-state index in [1.807, 2.05) is 0 Å². The first-order chi connectivity index (χ1) is 24.1. The fourth-order valence-corrected chi connectivity index (χ4v) is 4.72. The molecule has 0 unspecified atom stereocenters. The van der Waals surface area contributed by atoms with Crippen LogP contribution in [0.25, 0.3) is 21.7 Å². The van der Waals surface area contributed by atoms with E-state index in [0.29, 0.717) is 15.8 Å². The maximum absolute atomic E-state index is 13.7. The number of carbonyl (C=O) groups is 6. The molecular weight excluding hydrogens is 692 g/mol. The summed E-state index contributed by atoms with van der Waals surface area (Å²) < 4.78 is 39.1. The quantitative estimate of drug-likeness (QED) is 0.0582. The van der Waals surface area contributed by atoms with Crippen molar-refractivity contribution in [2.75, 3.05) is 0 Å². The number of hydrogen-bond donors (Lipinski definition) is 1. The zero-order valence-corrected chi connectivity index (χ0v) is 32.6. The zero-order chi connectivity index (χ0) is 40.3. The minimum Gasteiger partial charge on any atom is -0.458 e. The first kappa shape index (κ1) is 42.1. The van der Waals surface area contributed by atoms with Gasteiger partial charge in [-0.1, -0.05) is 24.3 Å². The Kier molecular flexibility index (Phi) is 12.5. The highest BCUT2D eigenvalue weighted by atomic mass is 16.7. The fraction of sp³-hybridized carbons (Fsp3) is 0.526. The molecule has 0 saturated heterocycles. The molecule has 0 spiro atoms. The third-order valence-electron chi connectivity index (χ3n) is 6.55. The van der Waals surface area contributed by atoms with Crippen molar-refractivity contribution in [1.82, 2.24) is 10.4 Å². The Balaban J connectivity index is 2.07. The van der Waals surface area contributed by atoms with Crippen LogP contribution >= 0.6 is 0 Å². The van der Waals surface area contributed by atoms with E-state index in [0.717, 1.165) is 0 Å². The first-order valence-electron chi connectivity index (χ1n) is 17.0. The van der Waals surface area contributed by atoms with E-state index in [9.17, 15) is 28.8 Å². The lowest BCUT2D eigenvalue weighted by molar-refractivity contribution is -0.162. The molecule has 0 bridgehead atoms. The molecule has 0 fully saturated rings.